The molecule has 0 fully saturated rings. The number of nitrogens with one attached hydrogen (secondary N) is 2. The van der Waals surface area contributed by atoms with Crippen LogP contribution in [0.15, 0.2) is 0 Å². The van der Waals surface area contributed by atoms with Gasteiger partial charge in [0.2, 0.25) is 0 Å². The van der Waals surface area contributed by atoms with Gasteiger partial charge in [0.05, 0.1) is 0 Å². The van der Waals surface area contributed by atoms with Gasteiger partial charge in [-0.1, -0.05) is 0 Å². The fourth-order valence-corrected chi connectivity index (χ4v) is 0.289. The molecule has 0 saturated heterocycles. The van der Waals surface area contributed by atoms with Crippen LogP contribution in [0.1, 0.15) is 13.8 Å². The predicted molar refractivity (Wildman–Crippen MR) is 47.0 cm³/mol. The summed E-state index contributed by atoms with van der Waals surface area (Å²) in [5.41, 5.74) is 5.78. The molecule has 17 heavy (non-hydrogen) atoms. The molecule has 0 bridgehead atoms. The van der Waals surface area contributed by atoms with Gasteiger partial charge in [-0.3, -0.25) is 10.9 Å². The molecule has 0 aliphatic carbocycles. The molecule has 0 saturated carbocycles. The van der Waals surface area contributed by atoms with Crippen molar-refractivity contribution in [1.29, 1.82) is 0 Å². The van der Waals surface area contributed by atoms with E-state index in [1.54, 1.807) is 0 Å². The normalized spacial score (nSPS) is 4.12. The van der Waals surface area contributed by atoms with E-state index in [0.717, 1.165) is 0 Å². The number of hydrazine groups is 1. The Morgan fingerprint density at radius 1 is 0.706 bits per heavy atom. The van der Waals surface area contributed by atoms with Crippen molar-refractivity contribution in [3.63, 3.8) is 0 Å². The van der Waals surface area contributed by atoms with Gasteiger partial charge in [0, 0.05) is 23.4 Å². The second-order valence-electron chi connectivity index (χ2n) is 1.55. The van der Waals surface area contributed by atoms with Gasteiger partial charge in [-0.2, -0.15) is 0 Å². The van der Waals surface area contributed by atoms with Crippen molar-refractivity contribution in [3.8, 4) is 0 Å². The minimum Gasteiger partial charge on any atom is 0 e. The second-order valence-corrected chi connectivity index (χ2v) is 1.55. The Labute approximate surface area is 112 Å². The zero-order valence-corrected chi connectivity index (χ0v) is 10.8. The SMILES string of the molecule is CNNC(C)C.[C-]#[O+].[C-]#[O+].[C-]#[O+].[C-]#[O+].[C-]#[O+].[Cr]. The Hall–Kier alpha value is -0.848. The van der Waals surface area contributed by atoms with Crippen LogP contribution in [0.4, 0.5) is 0 Å². The van der Waals surface area contributed by atoms with Crippen molar-refractivity contribution in [3.05, 3.63) is 33.3 Å². The molecule has 0 spiro atoms. The summed E-state index contributed by atoms with van der Waals surface area (Å²) in [6.07, 6.45) is 0. The van der Waals surface area contributed by atoms with E-state index >= 15 is 0 Å². The maximum Gasteiger partial charge on any atom is 0 e. The third-order valence-electron chi connectivity index (χ3n) is 0.433. The topological polar surface area (TPSA) is 124 Å². The fourth-order valence-electron chi connectivity index (χ4n) is 0.289. The summed E-state index contributed by atoms with van der Waals surface area (Å²) in [7, 11) is 1.86. The first-order valence-electron chi connectivity index (χ1n) is 3.21. The van der Waals surface area contributed by atoms with Crippen LogP contribution in [0.5, 0.6) is 0 Å². The molecule has 0 rings (SSSR count). The molecule has 7 nitrogen and oxygen atoms in total. The van der Waals surface area contributed by atoms with Gasteiger partial charge in [-0.25, -0.2) is 0 Å². The Balaban J connectivity index is -0.0000000158. The molecule has 2 N–H and O–H groups in total. The number of hydrogen-bond acceptors (Lipinski definition) is 2. The second kappa shape index (κ2) is 176. The average molecular weight is 280 g/mol. The molecular weight excluding hydrogens is 268 g/mol. The summed E-state index contributed by atoms with van der Waals surface area (Å²) in [4.78, 5) is 0. The summed E-state index contributed by atoms with van der Waals surface area (Å²) in [5, 5.41) is 0. The predicted octanol–water partition coefficient (Wildman–Crippen LogP) is -0.0712. The molecule has 0 aliphatic rings. The van der Waals surface area contributed by atoms with Crippen molar-refractivity contribution < 1.29 is 40.6 Å². The fraction of sp³-hybridized carbons (Fsp3) is 0.444. The van der Waals surface area contributed by atoms with Crippen LogP contribution in [-0.2, 0) is 40.6 Å². The maximum absolute atomic E-state index is 7.50. The first kappa shape index (κ1) is 44.3. The molecule has 0 unspecified atom stereocenters. The van der Waals surface area contributed by atoms with Crippen molar-refractivity contribution in [1.82, 2.24) is 10.9 Å². The molecule has 0 radical (unpaired) electrons. The monoisotopic (exact) mass is 280 g/mol. The minimum atomic E-state index is 0. The van der Waals surface area contributed by atoms with Crippen LogP contribution in [-0.4, -0.2) is 13.1 Å². The van der Waals surface area contributed by atoms with E-state index < -0.39 is 0 Å². The Morgan fingerprint density at radius 2 is 0.882 bits per heavy atom. The van der Waals surface area contributed by atoms with Gasteiger partial charge in [-0.05, 0) is 20.9 Å². The van der Waals surface area contributed by atoms with Crippen LogP contribution in [0.2, 0.25) is 0 Å². The summed E-state index contributed by atoms with van der Waals surface area (Å²) in [5.74, 6) is 0. The molecule has 0 aromatic carbocycles. The first-order valence-corrected chi connectivity index (χ1v) is 3.21. The minimum absolute atomic E-state index is 0. The molecule has 0 aromatic heterocycles. The molecule has 94 valence electrons. The number of rotatable bonds is 2. The van der Waals surface area contributed by atoms with Crippen molar-refractivity contribution in [2.24, 2.45) is 0 Å². The van der Waals surface area contributed by atoms with Gasteiger partial charge in [-0.15, -0.1) is 0 Å². The summed E-state index contributed by atoms with van der Waals surface area (Å²) >= 11 is 0. The number of hydrogen-bond donors (Lipinski definition) is 2. The Bertz CT molecular complexity index is 140. The molecule has 0 amide bonds. The van der Waals surface area contributed by atoms with E-state index in [1.807, 2.05) is 7.05 Å². The van der Waals surface area contributed by atoms with E-state index in [2.05, 4.69) is 58.0 Å². The first-order chi connectivity index (χ1) is 7.77. The largest absolute Gasteiger partial charge is 0 e. The summed E-state index contributed by atoms with van der Waals surface area (Å²) < 4.78 is 37.5. The third kappa shape index (κ3) is 566. The van der Waals surface area contributed by atoms with Crippen molar-refractivity contribution in [2.75, 3.05) is 7.05 Å². The van der Waals surface area contributed by atoms with E-state index in [0.29, 0.717) is 6.04 Å². The molecule has 0 aliphatic heterocycles. The molecule has 0 heterocycles. The standard InChI is InChI=1S/C4H12N2.5CO.Cr/c1-4(2)6-5-3;5*1-2;/h4-6H,1-3H3;;;;;;. The molecule has 0 aromatic rings. The zero-order chi connectivity index (χ0) is 15.0. The van der Waals surface area contributed by atoms with Crippen molar-refractivity contribution >= 4 is 0 Å². The van der Waals surface area contributed by atoms with E-state index in [4.69, 9.17) is 23.3 Å². The van der Waals surface area contributed by atoms with E-state index in [-0.39, 0.29) is 17.4 Å². The van der Waals surface area contributed by atoms with Crippen LogP contribution < -0.4 is 10.9 Å². The molecular formula is C9H12CrN2O5. The van der Waals surface area contributed by atoms with Crippen LogP contribution in [0, 0.1) is 33.3 Å². The van der Waals surface area contributed by atoms with E-state index in [9.17, 15) is 0 Å². The van der Waals surface area contributed by atoms with Gasteiger partial charge in [0.25, 0.3) is 0 Å². The van der Waals surface area contributed by atoms with Crippen LogP contribution in [0.25, 0.3) is 0 Å². The van der Waals surface area contributed by atoms with Gasteiger partial charge < -0.3 is 0 Å². The molecule has 0 atom stereocenters. The van der Waals surface area contributed by atoms with Crippen LogP contribution in [0.3, 0.4) is 0 Å². The zero-order valence-electron chi connectivity index (χ0n) is 9.53. The van der Waals surface area contributed by atoms with Crippen LogP contribution >= 0.6 is 0 Å². The van der Waals surface area contributed by atoms with Gasteiger partial charge >= 0.3 is 56.5 Å². The smallest absolute Gasteiger partial charge is 0 e. The Kier molecular flexibility index (Phi) is 458. The Morgan fingerprint density at radius 3 is 0.882 bits per heavy atom. The third-order valence-corrected chi connectivity index (χ3v) is 0.433. The molecule has 8 heteroatoms. The average Bonchev–Trinajstić information content (AvgIpc) is 2.41. The summed E-state index contributed by atoms with van der Waals surface area (Å²) in [6, 6.07) is 0.537. The van der Waals surface area contributed by atoms with Crippen molar-refractivity contribution in [2.45, 2.75) is 19.9 Å². The van der Waals surface area contributed by atoms with E-state index in [1.165, 1.54) is 0 Å². The summed E-state index contributed by atoms with van der Waals surface area (Å²) in [6.45, 7) is 26.7. The van der Waals surface area contributed by atoms with Gasteiger partial charge in [0.1, 0.15) is 0 Å². The van der Waals surface area contributed by atoms with Gasteiger partial charge in [0.15, 0.2) is 0 Å². The maximum atomic E-state index is 7.50. The quantitative estimate of drug-likeness (QED) is 0.417.